The Kier molecular flexibility index (Phi) is 5.76. The van der Waals surface area contributed by atoms with E-state index in [0.29, 0.717) is 0 Å². The molecule has 5 nitrogen and oxygen atoms in total. The van der Waals surface area contributed by atoms with Crippen LogP contribution in [-0.4, -0.2) is 46.5 Å². The highest BCUT2D eigenvalue weighted by Gasteiger charge is 2.44. The van der Waals surface area contributed by atoms with E-state index in [-0.39, 0.29) is 6.61 Å². The molecule has 150 valence electrons. The van der Waals surface area contributed by atoms with Gasteiger partial charge in [-0.15, -0.1) is 0 Å². The molecule has 1 aliphatic heterocycles. The predicted octanol–water partition coefficient (Wildman–Crippen LogP) is 2.43. The van der Waals surface area contributed by atoms with E-state index in [4.69, 9.17) is 9.47 Å². The Morgan fingerprint density at radius 1 is 0.655 bits per heavy atom. The SMILES string of the molecule is OC1O[C@H](COC(c2ccccc2)(c2ccccc2)c2ccccc2)[C@@H](O)[C@H]1O. The van der Waals surface area contributed by atoms with Gasteiger partial charge >= 0.3 is 0 Å². The summed E-state index contributed by atoms with van der Waals surface area (Å²) in [5, 5.41) is 29.8. The van der Waals surface area contributed by atoms with Crippen LogP contribution in [0.15, 0.2) is 91.0 Å². The number of hydrogen-bond donors (Lipinski definition) is 3. The lowest BCUT2D eigenvalue weighted by molar-refractivity contribution is -0.145. The normalized spacial score (nSPS) is 24.5. The van der Waals surface area contributed by atoms with Crippen LogP contribution in [0.3, 0.4) is 0 Å². The van der Waals surface area contributed by atoms with Gasteiger partial charge in [-0.1, -0.05) is 91.0 Å². The molecule has 1 saturated heterocycles. The van der Waals surface area contributed by atoms with E-state index in [0.717, 1.165) is 16.7 Å². The minimum absolute atomic E-state index is 0.0199. The summed E-state index contributed by atoms with van der Waals surface area (Å²) in [6, 6.07) is 29.5. The predicted molar refractivity (Wildman–Crippen MR) is 108 cm³/mol. The highest BCUT2D eigenvalue weighted by Crippen LogP contribution is 2.41. The summed E-state index contributed by atoms with van der Waals surface area (Å²) in [4.78, 5) is 0. The maximum Gasteiger partial charge on any atom is 0.184 e. The highest BCUT2D eigenvalue weighted by atomic mass is 16.7. The average molecular weight is 392 g/mol. The molecule has 1 unspecified atom stereocenters. The number of ether oxygens (including phenoxy) is 2. The van der Waals surface area contributed by atoms with Gasteiger partial charge in [0.2, 0.25) is 0 Å². The van der Waals surface area contributed by atoms with Crippen molar-refractivity contribution in [3.05, 3.63) is 108 Å². The molecule has 3 N–H and O–H groups in total. The fourth-order valence-electron chi connectivity index (χ4n) is 3.84. The smallest absolute Gasteiger partial charge is 0.184 e. The Bertz CT molecular complexity index is 804. The Morgan fingerprint density at radius 3 is 1.41 bits per heavy atom. The van der Waals surface area contributed by atoms with Crippen molar-refractivity contribution in [2.45, 2.75) is 30.2 Å². The molecule has 1 fully saturated rings. The Morgan fingerprint density at radius 2 is 1.07 bits per heavy atom. The molecule has 1 aliphatic rings. The van der Waals surface area contributed by atoms with Crippen molar-refractivity contribution in [3.8, 4) is 0 Å². The number of aliphatic hydroxyl groups is 3. The fourth-order valence-corrected chi connectivity index (χ4v) is 3.84. The van der Waals surface area contributed by atoms with Crippen molar-refractivity contribution in [1.82, 2.24) is 0 Å². The van der Waals surface area contributed by atoms with Gasteiger partial charge in [0.05, 0.1) is 6.61 Å². The zero-order valence-corrected chi connectivity index (χ0v) is 15.8. The first-order valence-electron chi connectivity index (χ1n) is 9.63. The van der Waals surface area contributed by atoms with Crippen molar-refractivity contribution in [2.24, 2.45) is 0 Å². The fraction of sp³-hybridized carbons (Fsp3) is 0.250. The van der Waals surface area contributed by atoms with Gasteiger partial charge in [-0.05, 0) is 16.7 Å². The topological polar surface area (TPSA) is 79.2 Å². The molecule has 5 heteroatoms. The van der Waals surface area contributed by atoms with Gasteiger partial charge < -0.3 is 24.8 Å². The van der Waals surface area contributed by atoms with Crippen LogP contribution in [-0.2, 0) is 15.1 Å². The maximum atomic E-state index is 10.2. The molecule has 4 rings (SSSR count). The zero-order chi connectivity index (χ0) is 20.3. The summed E-state index contributed by atoms with van der Waals surface area (Å²) in [7, 11) is 0. The van der Waals surface area contributed by atoms with E-state index < -0.39 is 30.2 Å². The third kappa shape index (κ3) is 3.71. The van der Waals surface area contributed by atoms with Gasteiger partial charge in [-0.3, -0.25) is 0 Å². The zero-order valence-electron chi connectivity index (χ0n) is 15.8. The number of hydrogen-bond acceptors (Lipinski definition) is 5. The van der Waals surface area contributed by atoms with Gasteiger partial charge in [-0.25, -0.2) is 0 Å². The van der Waals surface area contributed by atoms with Crippen LogP contribution in [0.2, 0.25) is 0 Å². The molecule has 1 heterocycles. The molecular weight excluding hydrogens is 368 g/mol. The highest BCUT2D eigenvalue weighted by molar-refractivity contribution is 5.47. The van der Waals surface area contributed by atoms with Gasteiger partial charge in [0.1, 0.15) is 23.9 Å². The second-order valence-electron chi connectivity index (χ2n) is 7.14. The van der Waals surface area contributed by atoms with Crippen molar-refractivity contribution >= 4 is 0 Å². The summed E-state index contributed by atoms with van der Waals surface area (Å²) in [5.74, 6) is 0. The molecule has 4 atom stereocenters. The van der Waals surface area contributed by atoms with Crippen molar-refractivity contribution in [2.75, 3.05) is 6.61 Å². The summed E-state index contributed by atoms with van der Waals surface area (Å²) in [6.07, 6.45) is -4.87. The lowest BCUT2D eigenvalue weighted by Crippen LogP contribution is -2.39. The third-order valence-corrected chi connectivity index (χ3v) is 5.34. The lowest BCUT2D eigenvalue weighted by Gasteiger charge is -2.37. The van der Waals surface area contributed by atoms with Crippen molar-refractivity contribution in [3.63, 3.8) is 0 Å². The summed E-state index contributed by atoms with van der Waals surface area (Å²) < 4.78 is 11.9. The molecular formula is C24H24O5. The molecule has 29 heavy (non-hydrogen) atoms. The summed E-state index contributed by atoms with van der Waals surface area (Å²) in [6.45, 7) is -0.0199. The van der Waals surface area contributed by atoms with Crippen LogP contribution >= 0.6 is 0 Å². The Hall–Kier alpha value is -2.54. The molecule has 0 aromatic heterocycles. The molecule has 0 aliphatic carbocycles. The van der Waals surface area contributed by atoms with E-state index in [2.05, 4.69) is 0 Å². The quantitative estimate of drug-likeness (QED) is 0.562. The van der Waals surface area contributed by atoms with Gasteiger partial charge in [0, 0.05) is 0 Å². The van der Waals surface area contributed by atoms with Crippen molar-refractivity contribution in [1.29, 1.82) is 0 Å². The molecule has 0 bridgehead atoms. The first kappa shape index (κ1) is 19.8. The number of aliphatic hydroxyl groups excluding tert-OH is 3. The monoisotopic (exact) mass is 392 g/mol. The van der Waals surface area contributed by atoms with Crippen LogP contribution in [0.1, 0.15) is 16.7 Å². The van der Waals surface area contributed by atoms with E-state index in [1.807, 2.05) is 91.0 Å². The van der Waals surface area contributed by atoms with Gasteiger partial charge in [-0.2, -0.15) is 0 Å². The largest absolute Gasteiger partial charge is 0.387 e. The Labute approximate surface area is 169 Å². The van der Waals surface area contributed by atoms with E-state index >= 15 is 0 Å². The van der Waals surface area contributed by atoms with Gasteiger partial charge in [0.25, 0.3) is 0 Å². The summed E-state index contributed by atoms with van der Waals surface area (Å²) in [5.41, 5.74) is 1.81. The van der Waals surface area contributed by atoms with Crippen LogP contribution in [0, 0.1) is 0 Å². The van der Waals surface area contributed by atoms with E-state index in [9.17, 15) is 15.3 Å². The number of rotatable bonds is 6. The first-order valence-corrected chi connectivity index (χ1v) is 9.63. The molecule has 3 aromatic rings. The van der Waals surface area contributed by atoms with Crippen LogP contribution in [0.25, 0.3) is 0 Å². The summed E-state index contributed by atoms with van der Waals surface area (Å²) >= 11 is 0. The third-order valence-electron chi connectivity index (χ3n) is 5.34. The second kappa shape index (κ2) is 8.45. The average Bonchev–Trinajstić information content (AvgIpc) is 3.03. The Balaban J connectivity index is 1.80. The van der Waals surface area contributed by atoms with E-state index in [1.54, 1.807) is 0 Å². The van der Waals surface area contributed by atoms with Crippen molar-refractivity contribution < 1.29 is 24.8 Å². The first-order chi connectivity index (χ1) is 14.1. The molecule has 0 saturated carbocycles. The molecule has 0 radical (unpaired) electrons. The standard InChI is InChI=1S/C24H24O5/c25-21-20(29-23(27)22(21)26)16-28-24(17-10-4-1-5-11-17,18-12-6-2-7-13-18)19-14-8-3-9-15-19/h1-15,20-23,25-27H,16H2/t20-,21-,22-,23?/m1/s1. The minimum Gasteiger partial charge on any atom is -0.387 e. The molecule has 0 spiro atoms. The second-order valence-corrected chi connectivity index (χ2v) is 7.14. The maximum absolute atomic E-state index is 10.2. The van der Waals surface area contributed by atoms with Gasteiger partial charge in [0.15, 0.2) is 6.29 Å². The minimum atomic E-state index is -1.43. The molecule has 0 amide bonds. The molecule has 3 aromatic carbocycles. The lowest BCUT2D eigenvalue weighted by atomic mass is 9.80. The van der Waals surface area contributed by atoms with E-state index in [1.165, 1.54) is 0 Å². The number of benzene rings is 3. The van der Waals surface area contributed by atoms with Crippen LogP contribution in [0.5, 0.6) is 0 Å². The van der Waals surface area contributed by atoms with Crippen LogP contribution in [0.4, 0.5) is 0 Å². The van der Waals surface area contributed by atoms with Crippen LogP contribution < -0.4 is 0 Å².